The van der Waals surface area contributed by atoms with Crippen molar-refractivity contribution in [3.05, 3.63) is 58.6 Å². The van der Waals surface area contributed by atoms with Crippen molar-refractivity contribution in [1.82, 2.24) is 10.6 Å². The van der Waals surface area contributed by atoms with Crippen LogP contribution in [0.2, 0.25) is 0 Å². The van der Waals surface area contributed by atoms with Crippen molar-refractivity contribution in [3.63, 3.8) is 0 Å². The molecule has 0 spiro atoms. The number of hydrogen-bond donors (Lipinski definition) is 2. The molecule has 24 heavy (non-hydrogen) atoms. The Bertz CT molecular complexity index is 769. The number of para-hydroxylation sites is 2. The molecule has 5 nitrogen and oxygen atoms in total. The molecule has 124 valence electrons. The zero-order valence-electron chi connectivity index (χ0n) is 12.6. The van der Waals surface area contributed by atoms with Crippen LogP contribution in [0.15, 0.2) is 53.0 Å². The Kier molecular flexibility index (Phi) is 5.32. The Labute approximate surface area is 153 Å². The van der Waals surface area contributed by atoms with E-state index in [0.717, 1.165) is 5.75 Å². The first-order valence-electron chi connectivity index (χ1n) is 7.35. The molecule has 0 unspecified atom stereocenters. The van der Waals surface area contributed by atoms with Gasteiger partial charge in [-0.15, -0.1) is 0 Å². The van der Waals surface area contributed by atoms with Gasteiger partial charge in [0.05, 0.1) is 12.1 Å². The average Bonchev–Trinajstić information content (AvgIpc) is 2.60. The summed E-state index contributed by atoms with van der Waals surface area (Å²) in [6.45, 7) is 0.855. The predicted octanol–water partition coefficient (Wildman–Crippen LogP) is 2.89. The molecule has 1 amide bonds. The molecule has 2 aromatic rings. The van der Waals surface area contributed by atoms with Crippen molar-refractivity contribution in [2.45, 2.75) is 6.10 Å². The average molecular weight is 407 g/mol. The van der Waals surface area contributed by atoms with Gasteiger partial charge in [0.15, 0.2) is 16.6 Å². The maximum Gasteiger partial charge on any atom is 0.258 e. The molecule has 7 heteroatoms. The quantitative estimate of drug-likeness (QED) is 0.767. The number of ether oxygens (including phenoxy) is 2. The van der Waals surface area contributed by atoms with Gasteiger partial charge in [-0.2, -0.15) is 0 Å². The third-order valence-electron chi connectivity index (χ3n) is 3.40. The zero-order valence-corrected chi connectivity index (χ0v) is 15.0. The van der Waals surface area contributed by atoms with Crippen LogP contribution in [0.5, 0.6) is 11.5 Å². The first-order valence-corrected chi connectivity index (χ1v) is 8.56. The number of rotatable bonds is 3. The van der Waals surface area contributed by atoms with E-state index in [1.165, 1.54) is 0 Å². The van der Waals surface area contributed by atoms with Gasteiger partial charge in [0.1, 0.15) is 12.7 Å². The lowest BCUT2D eigenvalue weighted by Gasteiger charge is -2.26. The highest BCUT2D eigenvalue weighted by atomic mass is 79.9. The summed E-state index contributed by atoms with van der Waals surface area (Å²) in [6, 6.07) is 14.7. The van der Waals surface area contributed by atoms with Crippen LogP contribution < -0.4 is 20.1 Å². The predicted molar refractivity (Wildman–Crippen MR) is 98.6 cm³/mol. The fourth-order valence-electron chi connectivity index (χ4n) is 2.23. The number of carbonyl (C=O) groups is 1. The molecule has 0 aliphatic carbocycles. The van der Waals surface area contributed by atoms with Crippen molar-refractivity contribution < 1.29 is 14.3 Å². The lowest BCUT2D eigenvalue weighted by atomic mass is 10.2. The fraction of sp³-hybridized carbons (Fsp3) is 0.176. The summed E-state index contributed by atoms with van der Waals surface area (Å²) in [5.41, 5.74) is 0.521. The highest BCUT2D eigenvalue weighted by Crippen LogP contribution is 2.30. The van der Waals surface area contributed by atoms with Gasteiger partial charge in [-0.1, -0.05) is 24.3 Å². The summed E-state index contributed by atoms with van der Waals surface area (Å²) in [5, 5.41) is 5.88. The van der Waals surface area contributed by atoms with E-state index >= 15 is 0 Å². The molecule has 0 fully saturated rings. The number of benzene rings is 2. The molecular formula is C17H15BrN2O3S. The third kappa shape index (κ3) is 4.04. The van der Waals surface area contributed by atoms with Crippen molar-refractivity contribution in [2.75, 3.05) is 13.2 Å². The van der Waals surface area contributed by atoms with Gasteiger partial charge < -0.3 is 14.8 Å². The Morgan fingerprint density at radius 3 is 2.67 bits per heavy atom. The van der Waals surface area contributed by atoms with Gasteiger partial charge in [-0.05, 0) is 52.4 Å². The first-order chi connectivity index (χ1) is 11.6. The van der Waals surface area contributed by atoms with Crippen LogP contribution in [0.25, 0.3) is 0 Å². The maximum atomic E-state index is 12.2. The van der Waals surface area contributed by atoms with E-state index in [2.05, 4.69) is 26.6 Å². The molecule has 0 saturated carbocycles. The second-order valence-corrected chi connectivity index (χ2v) is 6.40. The number of fused-ring (bicyclic) bond motifs is 1. The largest absolute Gasteiger partial charge is 0.486 e. The SMILES string of the molecule is O=C(NC(=S)NC[C@@H]1COc2ccccc2O1)c1ccccc1Br. The molecule has 3 rings (SSSR count). The van der Waals surface area contributed by atoms with Gasteiger partial charge in [0.25, 0.3) is 5.91 Å². The summed E-state index contributed by atoms with van der Waals surface area (Å²) in [5.74, 6) is 1.17. The molecule has 2 aromatic carbocycles. The smallest absolute Gasteiger partial charge is 0.258 e. The van der Waals surface area contributed by atoms with Crippen LogP contribution in [-0.2, 0) is 0 Å². The Hall–Kier alpha value is -2.12. The second-order valence-electron chi connectivity index (χ2n) is 5.14. The van der Waals surface area contributed by atoms with Crippen molar-refractivity contribution in [1.29, 1.82) is 0 Å². The molecule has 0 radical (unpaired) electrons. The summed E-state index contributed by atoms with van der Waals surface area (Å²) in [6.07, 6.45) is -0.182. The lowest BCUT2D eigenvalue weighted by Crippen LogP contribution is -2.46. The van der Waals surface area contributed by atoms with E-state index in [0.29, 0.717) is 28.9 Å². The van der Waals surface area contributed by atoms with E-state index in [1.807, 2.05) is 30.3 Å². The number of amides is 1. The minimum absolute atomic E-state index is 0.182. The van der Waals surface area contributed by atoms with E-state index in [1.54, 1.807) is 18.2 Å². The van der Waals surface area contributed by atoms with E-state index in [4.69, 9.17) is 21.7 Å². The number of hydrogen-bond acceptors (Lipinski definition) is 4. The van der Waals surface area contributed by atoms with Gasteiger partial charge in [0, 0.05) is 4.47 Å². The van der Waals surface area contributed by atoms with Gasteiger partial charge >= 0.3 is 0 Å². The summed E-state index contributed by atoms with van der Waals surface area (Å²) >= 11 is 8.51. The monoisotopic (exact) mass is 406 g/mol. The van der Waals surface area contributed by atoms with Crippen LogP contribution in [0.1, 0.15) is 10.4 Å². The van der Waals surface area contributed by atoms with Crippen LogP contribution in [0, 0.1) is 0 Å². The lowest BCUT2D eigenvalue weighted by molar-refractivity contribution is 0.0928. The molecular weight excluding hydrogens is 392 g/mol. The van der Waals surface area contributed by atoms with Gasteiger partial charge in [-0.25, -0.2) is 0 Å². The Morgan fingerprint density at radius 2 is 1.88 bits per heavy atom. The molecule has 0 bridgehead atoms. The van der Waals surface area contributed by atoms with Crippen LogP contribution >= 0.6 is 28.1 Å². The fourth-order valence-corrected chi connectivity index (χ4v) is 2.87. The Morgan fingerprint density at radius 1 is 1.17 bits per heavy atom. The highest BCUT2D eigenvalue weighted by molar-refractivity contribution is 9.10. The van der Waals surface area contributed by atoms with Crippen LogP contribution in [0.3, 0.4) is 0 Å². The molecule has 0 aromatic heterocycles. The van der Waals surface area contributed by atoms with Crippen molar-refractivity contribution >= 4 is 39.2 Å². The number of halogens is 1. The third-order valence-corrected chi connectivity index (χ3v) is 4.34. The molecule has 0 saturated heterocycles. The molecule has 1 atom stereocenters. The molecule has 1 aliphatic heterocycles. The first kappa shape index (κ1) is 16.7. The number of nitrogens with one attached hydrogen (secondary N) is 2. The second kappa shape index (κ2) is 7.63. The Balaban J connectivity index is 1.50. The van der Waals surface area contributed by atoms with E-state index < -0.39 is 0 Å². The maximum absolute atomic E-state index is 12.2. The minimum atomic E-state index is -0.272. The molecule has 1 heterocycles. The molecule has 1 aliphatic rings. The van der Waals surface area contributed by atoms with Crippen LogP contribution in [0.4, 0.5) is 0 Å². The summed E-state index contributed by atoms with van der Waals surface area (Å²) in [7, 11) is 0. The highest BCUT2D eigenvalue weighted by Gasteiger charge is 2.21. The molecule has 2 N–H and O–H groups in total. The van der Waals surface area contributed by atoms with E-state index in [-0.39, 0.29) is 17.1 Å². The minimum Gasteiger partial charge on any atom is -0.486 e. The van der Waals surface area contributed by atoms with Crippen LogP contribution in [-0.4, -0.2) is 30.3 Å². The van der Waals surface area contributed by atoms with Gasteiger partial charge in [-0.3, -0.25) is 10.1 Å². The summed E-state index contributed by atoms with van der Waals surface area (Å²) < 4.78 is 12.2. The van der Waals surface area contributed by atoms with Crippen molar-refractivity contribution in [3.8, 4) is 11.5 Å². The zero-order chi connectivity index (χ0) is 16.9. The standard InChI is InChI=1S/C17H15BrN2O3S/c18-13-6-2-1-5-12(13)16(21)20-17(24)19-9-11-10-22-14-7-3-4-8-15(14)23-11/h1-8,11H,9-10H2,(H2,19,20,21,24)/t11-/m1/s1. The summed E-state index contributed by atoms with van der Waals surface area (Å²) in [4.78, 5) is 12.2. The number of thiocarbonyl (C=S) groups is 1. The van der Waals surface area contributed by atoms with E-state index in [9.17, 15) is 4.79 Å². The number of carbonyl (C=O) groups excluding carboxylic acids is 1. The van der Waals surface area contributed by atoms with Gasteiger partial charge in [0.2, 0.25) is 0 Å². The topological polar surface area (TPSA) is 59.6 Å². The normalized spacial score (nSPS) is 15.5. The van der Waals surface area contributed by atoms with Crippen molar-refractivity contribution in [2.24, 2.45) is 0 Å².